The van der Waals surface area contributed by atoms with Crippen molar-refractivity contribution in [3.8, 4) is 22.6 Å². The van der Waals surface area contributed by atoms with Crippen LogP contribution in [0.3, 0.4) is 0 Å². The van der Waals surface area contributed by atoms with Crippen molar-refractivity contribution in [1.82, 2.24) is 4.57 Å². The van der Waals surface area contributed by atoms with E-state index in [1.54, 1.807) is 0 Å². The molecule has 0 spiro atoms. The molecule has 1 atom stereocenters. The first-order valence-electron chi connectivity index (χ1n) is 8.33. The van der Waals surface area contributed by atoms with Gasteiger partial charge < -0.3 is 0 Å². The Kier molecular flexibility index (Phi) is 4.33. The van der Waals surface area contributed by atoms with Crippen LogP contribution in [0.2, 0.25) is 0 Å². The third-order valence-electron chi connectivity index (χ3n) is 4.74. The lowest BCUT2D eigenvalue weighted by Crippen LogP contribution is -2.29. The fourth-order valence-electron chi connectivity index (χ4n) is 3.28. The Balaban J connectivity index is 2.18. The number of hydrogen-bond donors (Lipinski definition) is 0. The molecule has 3 aromatic rings. The van der Waals surface area contributed by atoms with E-state index < -0.39 is 0 Å². The smallest absolute Gasteiger partial charge is 0.232 e. The van der Waals surface area contributed by atoms with Crippen LogP contribution < -0.4 is 4.57 Å². The number of rotatable bonds is 4. The second-order valence-corrected chi connectivity index (χ2v) is 6.27. The average Bonchev–Trinajstić information content (AvgIpc) is 2.89. The molecule has 3 rings (SSSR count). The highest BCUT2D eigenvalue weighted by atomic mass is 15.1. The molecule has 1 heterocycles. The highest BCUT2D eigenvalue weighted by Gasteiger charge is 2.24. The monoisotopic (exact) mass is 305 g/mol. The van der Waals surface area contributed by atoms with Crippen LogP contribution in [0, 0.1) is 0 Å². The third kappa shape index (κ3) is 2.81. The zero-order valence-electron chi connectivity index (χ0n) is 14.5. The normalized spacial score (nSPS) is 12.3. The van der Waals surface area contributed by atoms with Crippen LogP contribution in [0.15, 0.2) is 60.8 Å². The maximum absolute atomic E-state index is 2.31. The van der Waals surface area contributed by atoms with E-state index in [1.165, 1.54) is 28.2 Å². The van der Waals surface area contributed by atoms with E-state index in [0.717, 1.165) is 6.42 Å². The summed E-state index contributed by atoms with van der Waals surface area (Å²) >= 11 is 0. The quantitative estimate of drug-likeness (QED) is 0.618. The lowest BCUT2D eigenvalue weighted by Gasteiger charge is -2.13. The summed E-state index contributed by atoms with van der Waals surface area (Å²) in [4.78, 5) is 0. The molecule has 0 fully saturated rings. The van der Waals surface area contributed by atoms with Crippen LogP contribution in [-0.2, 0) is 14.1 Å². The van der Waals surface area contributed by atoms with E-state index in [-0.39, 0.29) is 0 Å². The van der Waals surface area contributed by atoms with Crippen LogP contribution in [0.25, 0.3) is 22.6 Å². The minimum Gasteiger partial charge on any atom is -0.232 e. The molecule has 0 radical (unpaired) electrons. The van der Waals surface area contributed by atoms with E-state index in [4.69, 9.17) is 0 Å². The van der Waals surface area contributed by atoms with Crippen molar-refractivity contribution in [2.45, 2.75) is 26.2 Å². The Morgan fingerprint density at radius 1 is 1.00 bits per heavy atom. The fraction of sp³-hybridized carbons (Fsp3) is 0.286. The van der Waals surface area contributed by atoms with E-state index in [2.05, 4.69) is 97.9 Å². The molecular weight excluding hydrogens is 280 g/mol. The molecule has 118 valence electrons. The van der Waals surface area contributed by atoms with E-state index >= 15 is 0 Å². The summed E-state index contributed by atoms with van der Waals surface area (Å²) in [5, 5.41) is 0. The van der Waals surface area contributed by atoms with Gasteiger partial charge in [-0.1, -0.05) is 62.4 Å². The number of aryl methyl sites for hydroxylation is 1. The van der Waals surface area contributed by atoms with Crippen LogP contribution in [0.1, 0.15) is 31.7 Å². The number of nitrogens with zero attached hydrogens (tertiary/aromatic N) is 2. The fourth-order valence-corrected chi connectivity index (χ4v) is 3.28. The first-order chi connectivity index (χ1) is 11.1. The molecule has 0 aliphatic carbocycles. The summed E-state index contributed by atoms with van der Waals surface area (Å²) in [6.45, 7) is 4.56. The minimum absolute atomic E-state index is 0.557. The van der Waals surface area contributed by atoms with Crippen molar-refractivity contribution >= 4 is 0 Å². The lowest BCUT2D eigenvalue weighted by atomic mass is 9.93. The molecule has 0 saturated heterocycles. The van der Waals surface area contributed by atoms with Crippen molar-refractivity contribution in [2.75, 3.05) is 0 Å². The van der Waals surface area contributed by atoms with Crippen molar-refractivity contribution in [3.05, 3.63) is 66.4 Å². The molecule has 0 N–H and O–H groups in total. The molecule has 2 heteroatoms. The molecule has 0 aliphatic rings. The summed E-state index contributed by atoms with van der Waals surface area (Å²) in [7, 11) is 4.29. The van der Waals surface area contributed by atoms with Gasteiger partial charge in [0.1, 0.15) is 6.20 Å². The summed E-state index contributed by atoms with van der Waals surface area (Å²) in [5.41, 5.74) is 5.24. The van der Waals surface area contributed by atoms with Gasteiger partial charge in [0.2, 0.25) is 0 Å². The van der Waals surface area contributed by atoms with Crippen LogP contribution in [0.4, 0.5) is 0 Å². The van der Waals surface area contributed by atoms with Gasteiger partial charge in [-0.15, -0.1) is 0 Å². The predicted octanol–water partition coefficient (Wildman–Crippen LogP) is 4.70. The molecule has 0 saturated carbocycles. The van der Waals surface area contributed by atoms with Crippen LogP contribution in [-0.4, -0.2) is 4.57 Å². The first kappa shape index (κ1) is 15.5. The molecule has 0 amide bonds. The molecule has 23 heavy (non-hydrogen) atoms. The van der Waals surface area contributed by atoms with Crippen molar-refractivity contribution in [3.63, 3.8) is 0 Å². The zero-order valence-corrected chi connectivity index (χ0v) is 14.5. The van der Waals surface area contributed by atoms with Gasteiger partial charge in [0, 0.05) is 5.56 Å². The summed E-state index contributed by atoms with van der Waals surface area (Å²) in [6, 6.07) is 19.4. The van der Waals surface area contributed by atoms with Gasteiger partial charge in [-0.25, -0.2) is 9.13 Å². The topological polar surface area (TPSA) is 8.81 Å². The predicted molar refractivity (Wildman–Crippen MR) is 96.2 cm³/mol. The molecule has 2 aromatic carbocycles. The van der Waals surface area contributed by atoms with Gasteiger partial charge in [0.15, 0.2) is 5.69 Å². The Morgan fingerprint density at radius 3 is 2.35 bits per heavy atom. The summed E-state index contributed by atoms with van der Waals surface area (Å²) in [5.74, 6) is 1.81. The highest BCUT2D eigenvalue weighted by molar-refractivity contribution is 5.65. The van der Waals surface area contributed by atoms with Crippen molar-refractivity contribution in [1.29, 1.82) is 0 Å². The lowest BCUT2D eigenvalue weighted by molar-refractivity contribution is -0.659. The molecule has 1 unspecified atom stereocenters. The Hall–Kier alpha value is -2.35. The number of benzene rings is 2. The van der Waals surface area contributed by atoms with Gasteiger partial charge in [-0.3, -0.25) is 0 Å². The second-order valence-electron chi connectivity index (χ2n) is 6.27. The van der Waals surface area contributed by atoms with E-state index in [0.29, 0.717) is 5.92 Å². The maximum atomic E-state index is 2.31. The minimum atomic E-state index is 0.557. The van der Waals surface area contributed by atoms with Crippen molar-refractivity contribution < 1.29 is 4.57 Å². The Labute approximate surface area is 139 Å². The van der Waals surface area contributed by atoms with E-state index in [9.17, 15) is 0 Å². The Bertz CT molecular complexity index is 800. The highest BCUT2D eigenvalue weighted by Crippen LogP contribution is 2.31. The molecule has 2 nitrogen and oxygen atoms in total. The third-order valence-corrected chi connectivity index (χ3v) is 4.74. The Morgan fingerprint density at radius 2 is 1.65 bits per heavy atom. The molecule has 0 bridgehead atoms. The first-order valence-corrected chi connectivity index (χ1v) is 8.33. The van der Waals surface area contributed by atoms with E-state index in [1.807, 2.05) is 0 Å². The van der Waals surface area contributed by atoms with Crippen molar-refractivity contribution in [2.24, 2.45) is 14.1 Å². The number of imidazole rings is 1. The number of hydrogen-bond acceptors (Lipinski definition) is 0. The molecular formula is C21H25N2+. The van der Waals surface area contributed by atoms with Gasteiger partial charge in [-0.2, -0.15) is 0 Å². The molecule has 0 aliphatic heterocycles. The summed E-state index contributed by atoms with van der Waals surface area (Å²) < 4.78 is 4.54. The van der Waals surface area contributed by atoms with Gasteiger partial charge in [0.05, 0.1) is 19.7 Å². The van der Waals surface area contributed by atoms with Gasteiger partial charge >= 0.3 is 0 Å². The maximum Gasteiger partial charge on any atom is 0.289 e. The van der Waals surface area contributed by atoms with Crippen LogP contribution >= 0.6 is 0 Å². The van der Waals surface area contributed by atoms with Crippen LogP contribution in [0.5, 0.6) is 0 Å². The number of aromatic nitrogens is 2. The standard InChI is InChI=1S/C21H25N2/c1-5-16(2)18-13-9-10-14-19(18)21-22(3)15-20(23(21)4)17-11-7-6-8-12-17/h6-16H,5H2,1-4H3/q+1. The van der Waals surface area contributed by atoms with Gasteiger partial charge in [0.25, 0.3) is 5.82 Å². The molecule has 1 aromatic heterocycles. The second kappa shape index (κ2) is 6.41. The van der Waals surface area contributed by atoms with Gasteiger partial charge in [-0.05, 0) is 24.0 Å². The average molecular weight is 305 g/mol. The summed E-state index contributed by atoms with van der Waals surface area (Å²) in [6.07, 6.45) is 3.37. The SMILES string of the molecule is CCC(C)c1ccccc1-c1n(C)c(-c2ccccc2)c[n+]1C. The zero-order chi connectivity index (χ0) is 16.4. The largest absolute Gasteiger partial charge is 0.289 e.